The lowest BCUT2D eigenvalue weighted by Gasteiger charge is -2.31. The number of carbonyl (C=O) groups is 2. The smallest absolute Gasteiger partial charge is 0.233 e. The molecular weight excluding hydrogens is 326 g/mol. The van der Waals surface area contributed by atoms with Crippen LogP contribution in [0.25, 0.3) is 0 Å². The molecule has 1 aliphatic carbocycles. The molecule has 2 atom stereocenters. The summed E-state index contributed by atoms with van der Waals surface area (Å²) in [5, 5.41) is 6.55. The molecule has 6 heteroatoms. The molecule has 24 heavy (non-hydrogen) atoms. The second kappa shape index (κ2) is 7.53. The lowest BCUT2D eigenvalue weighted by Crippen LogP contribution is -2.47. The molecule has 2 fully saturated rings. The number of halogens is 1. The fourth-order valence-corrected chi connectivity index (χ4v) is 3.61. The van der Waals surface area contributed by atoms with E-state index in [1.807, 2.05) is 24.3 Å². The number of carbonyl (C=O) groups excluding carboxylic acids is 2. The predicted molar refractivity (Wildman–Crippen MR) is 94.0 cm³/mol. The van der Waals surface area contributed by atoms with Crippen LogP contribution in [0.1, 0.15) is 30.7 Å². The van der Waals surface area contributed by atoms with E-state index in [1.54, 1.807) is 7.05 Å². The molecule has 1 heterocycles. The summed E-state index contributed by atoms with van der Waals surface area (Å²) < 4.78 is 0. The van der Waals surface area contributed by atoms with Gasteiger partial charge in [-0.3, -0.25) is 14.5 Å². The Morgan fingerprint density at radius 1 is 1.29 bits per heavy atom. The number of piperidine rings is 1. The van der Waals surface area contributed by atoms with E-state index in [2.05, 4.69) is 15.5 Å². The summed E-state index contributed by atoms with van der Waals surface area (Å²) in [5.74, 6) is 0.578. The summed E-state index contributed by atoms with van der Waals surface area (Å²) in [6, 6.07) is 8.01. The summed E-state index contributed by atoms with van der Waals surface area (Å²) in [4.78, 5) is 26.0. The Hall–Kier alpha value is -1.59. The van der Waals surface area contributed by atoms with Gasteiger partial charge in [-0.05, 0) is 42.9 Å². The molecule has 1 aromatic carbocycles. The molecule has 0 spiro atoms. The average molecular weight is 350 g/mol. The first-order valence-corrected chi connectivity index (χ1v) is 8.93. The zero-order chi connectivity index (χ0) is 17.1. The van der Waals surface area contributed by atoms with Crippen LogP contribution in [0, 0.1) is 5.92 Å². The van der Waals surface area contributed by atoms with Gasteiger partial charge < -0.3 is 10.6 Å². The van der Waals surface area contributed by atoms with Crippen LogP contribution in [0.3, 0.4) is 0 Å². The van der Waals surface area contributed by atoms with Crippen molar-refractivity contribution in [2.75, 3.05) is 26.7 Å². The molecule has 2 N–H and O–H groups in total. The molecule has 5 nitrogen and oxygen atoms in total. The molecular formula is C18H24ClN3O2. The van der Waals surface area contributed by atoms with Crippen molar-refractivity contribution in [2.24, 2.45) is 5.92 Å². The van der Waals surface area contributed by atoms with Gasteiger partial charge in [-0.15, -0.1) is 0 Å². The number of amides is 2. The second-order valence-corrected chi connectivity index (χ2v) is 7.17. The fourth-order valence-electron chi connectivity index (χ4n) is 3.42. The Balaban J connectivity index is 1.43. The number of likely N-dealkylation sites (N-methyl/N-ethyl adjacent to an activating group) is 1. The van der Waals surface area contributed by atoms with E-state index in [-0.39, 0.29) is 23.8 Å². The number of nitrogens with one attached hydrogen (secondary N) is 2. The number of hydrogen-bond donors (Lipinski definition) is 2. The van der Waals surface area contributed by atoms with Gasteiger partial charge >= 0.3 is 0 Å². The van der Waals surface area contributed by atoms with Crippen LogP contribution in [-0.2, 0) is 9.59 Å². The highest BCUT2D eigenvalue weighted by Crippen LogP contribution is 2.48. The summed E-state index contributed by atoms with van der Waals surface area (Å²) in [5.41, 5.74) is 1.16. The van der Waals surface area contributed by atoms with E-state index in [0.29, 0.717) is 12.5 Å². The SMILES string of the molecule is CNC(=O)CN1CCC(NC(=O)[C@@H]2C[C@@H]2c2cccc(Cl)c2)CC1. The lowest BCUT2D eigenvalue weighted by molar-refractivity contribution is -0.124. The zero-order valence-electron chi connectivity index (χ0n) is 13.9. The van der Waals surface area contributed by atoms with E-state index < -0.39 is 0 Å². The number of likely N-dealkylation sites (tertiary alicyclic amines) is 1. The Kier molecular flexibility index (Phi) is 5.41. The van der Waals surface area contributed by atoms with Gasteiger partial charge in [-0.2, -0.15) is 0 Å². The van der Waals surface area contributed by atoms with Gasteiger partial charge in [0.1, 0.15) is 0 Å². The van der Waals surface area contributed by atoms with Crippen molar-refractivity contribution in [1.29, 1.82) is 0 Å². The number of benzene rings is 1. The van der Waals surface area contributed by atoms with Gasteiger partial charge in [-0.25, -0.2) is 0 Å². The van der Waals surface area contributed by atoms with Crippen LogP contribution in [0.15, 0.2) is 24.3 Å². The molecule has 3 rings (SSSR count). The molecule has 2 amide bonds. The lowest BCUT2D eigenvalue weighted by atomic mass is 10.0. The molecule has 0 aromatic heterocycles. The molecule has 1 saturated heterocycles. The monoisotopic (exact) mass is 349 g/mol. The van der Waals surface area contributed by atoms with E-state index in [9.17, 15) is 9.59 Å². The van der Waals surface area contributed by atoms with Crippen molar-refractivity contribution < 1.29 is 9.59 Å². The van der Waals surface area contributed by atoms with E-state index in [4.69, 9.17) is 11.6 Å². The van der Waals surface area contributed by atoms with Crippen LogP contribution < -0.4 is 10.6 Å². The minimum absolute atomic E-state index is 0.0415. The van der Waals surface area contributed by atoms with Gasteiger partial charge in [0.05, 0.1) is 6.54 Å². The summed E-state index contributed by atoms with van der Waals surface area (Å²) in [7, 11) is 1.65. The van der Waals surface area contributed by atoms with Crippen LogP contribution in [0.4, 0.5) is 0 Å². The van der Waals surface area contributed by atoms with Crippen molar-refractivity contribution in [1.82, 2.24) is 15.5 Å². The highest BCUT2D eigenvalue weighted by molar-refractivity contribution is 6.30. The van der Waals surface area contributed by atoms with Crippen LogP contribution >= 0.6 is 11.6 Å². The van der Waals surface area contributed by atoms with Crippen molar-refractivity contribution in [3.8, 4) is 0 Å². The number of rotatable bonds is 5. The minimum Gasteiger partial charge on any atom is -0.358 e. The molecule has 0 unspecified atom stereocenters. The Bertz CT molecular complexity index is 614. The van der Waals surface area contributed by atoms with E-state index >= 15 is 0 Å². The first-order valence-electron chi connectivity index (χ1n) is 8.55. The van der Waals surface area contributed by atoms with Crippen molar-refractivity contribution >= 4 is 23.4 Å². The molecule has 2 aliphatic rings. The number of nitrogens with zero attached hydrogens (tertiary/aromatic N) is 1. The Morgan fingerprint density at radius 3 is 2.71 bits per heavy atom. The van der Waals surface area contributed by atoms with Gasteiger partial charge in [0.2, 0.25) is 11.8 Å². The maximum absolute atomic E-state index is 12.4. The topological polar surface area (TPSA) is 61.4 Å². The van der Waals surface area contributed by atoms with Crippen LogP contribution in [-0.4, -0.2) is 49.4 Å². The van der Waals surface area contributed by atoms with Crippen molar-refractivity contribution in [3.63, 3.8) is 0 Å². The van der Waals surface area contributed by atoms with Crippen molar-refractivity contribution in [3.05, 3.63) is 34.9 Å². The zero-order valence-corrected chi connectivity index (χ0v) is 14.7. The highest BCUT2D eigenvalue weighted by atomic mass is 35.5. The highest BCUT2D eigenvalue weighted by Gasteiger charge is 2.44. The molecule has 130 valence electrons. The molecule has 1 saturated carbocycles. The number of hydrogen-bond acceptors (Lipinski definition) is 3. The molecule has 0 radical (unpaired) electrons. The Morgan fingerprint density at radius 2 is 2.04 bits per heavy atom. The van der Waals surface area contributed by atoms with Crippen LogP contribution in [0.5, 0.6) is 0 Å². The standard InChI is InChI=1S/C18H24ClN3O2/c1-20-17(23)11-22-7-5-14(6-8-22)21-18(24)16-10-15(16)12-3-2-4-13(19)9-12/h2-4,9,14-16H,5-8,10-11H2,1H3,(H,20,23)(H,21,24)/t15-,16-/m1/s1. The maximum Gasteiger partial charge on any atom is 0.233 e. The molecule has 0 bridgehead atoms. The summed E-state index contributed by atoms with van der Waals surface area (Å²) >= 11 is 6.03. The van der Waals surface area contributed by atoms with Crippen LogP contribution in [0.2, 0.25) is 5.02 Å². The summed E-state index contributed by atoms with van der Waals surface area (Å²) in [6.45, 7) is 2.14. The maximum atomic E-state index is 12.4. The summed E-state index contributed by atoms with van der Waals surface area (Å²) in [6.07, 6.45) is 2.70. The minimum atomic E-state index is 0.0415. The molecule has 1 aliphatic heterocycles. The Labute approximate surface area is 147 Å². The fraction of sp³-hybridized carbons (Fsp3) is 0.556. The van der Waals surface area contributed by atoms with Gasteiger partial charge in [-0.1, -0.05) is 23.7 Å². The van der Waals surface area contributed by atoms with Crippen molar-refractivity contribution in [2.45, 2.75) is 31.2 Å². The van der Waals surface area contributed by atoms with Gasteiger partial charge in [0, 0.05) is 37.1 Å². The first kappa shape index (κ1) is 17.2. The quantitative estimate of drug-likeness (QED) is 0.851. The van der Waals surface area contributed by atoms with Gasteiger partial charge in [0.25, 0.3) is 0 Å². The predicted octanol–water partition coefficient (Wildman–Crippen LogP) is 1.77. The third-order valence-corrected chi connectivity index (χ3v) is 5.22. The van der Waals surface area contributed by atoms with E-state index in [1.165, 1.54) is 0 Å². The second-order valence-electron chi connectivity index (χ2n) is 6.74. The third-order valence-electron chi connectivity index (χ3n) is 4.98. The average Bonchev–Trinajstić information content (AvgIpc) is 3.37. The third kappa shape index (κ3) is 4.28. The largest absolute Gasteiger partial charge is 0.358 e. The molecule has 1 aromatic rings. The first-order chi connectivity index (χ1) is 11.6. The van der Waals surface area contributed by atoms with Gasteiger partial charge in [0.15, 0.2) is 0 Å². The van der Waals surface area contributed by atoms with E-state index in [0.717, 1.165) is 42.9 Å². The normalized spacial score (nSPS) is 24.4.